The van der Waals surface area contributed by atoms with Gasteiger partial charge in [0.05, 0.1) is 21.3 Å². The maximum absolute atomic E-state index is 12.5. The van der Waals surface area contributed by atoms with Gasteiger partial charge >= 0.3 is 0 Å². The van der Waals surface area contributed by atoms with Gasteiger partial charge in [0.2, 0.25) is 5.82 Å². The molecule has 1 heterocycles. The van der Waals surface area contributed by atoms with Crippen molar-refractivity contribution in [3.05, 3.63) is 72.3 Å². The summed E-state index contributed by atoms with van der Waals surface area (Å²) in [4.78, 5) is 16.9. The third kappa shape index (κ3) is 4.95. The first-order valence-corrected chi connectivity index (χ1v) is 10.1. The van der Waals surface area contributed by atoms with Gasteiger partial charge in [0.15, 0.2) is 23.9 Å². The second-order valence-corrected chi connectivity index (χ2v) is 6.96. The van der Waals surface area contributed by atoms with E-state index in [0.717, 1.165) is 0 Å². The molecular weight excluding hydrogens is 424 g/mol. The molecule has 0 radical (unpaired) electrons. The van der Waals surface area contributed by atoms with E-state index < -0.39 is 0 Å². The summed E-state index contributed by atoms with van der Waals surface area (Å²) in [5.74, 6) is 2.87. The van der Waals surface area contributed by atoms with Gasteiger partial charge in [-0.15, -0.1) is 0 Å². The van der Waals surface area contributed by atoms with Gasteiger partial charge in [-0.3, -0.25) is 4.79 Å². The smallest absolute Gasteiger partial charge is 0.258 e. The maximum atomic E-state index is 12.5. The van der Waals surface area contributed by atoms with Crippen LogP contribution >= 0.6 is 0 Å². The summed E-state index contributed by atoms with van der Waals surface area (Å²) >= 11 is 0. The molecule has 33 heavy (non-hydrogen) atoms. The predicted molar refractivity (Wildman–Crippen MR) is 121 cm³/mol. The Morgan fingerprint density at radius 1 is 0.818 bits per heavy atom. The standard InChI is InChI=1S/C25H22N2O6/c1-29-19-8-4-6-16(12-19)21(28)15-32-20-9-5-7-17(13-20)24-26-25(33-27-24)18-10-11-22(30-2)23(14-18)31-3/h4-14H,15H2,1-3H3. The SMILES string of the molecule is COc1cccc(C(=O)COc2cccc(-c3noc(-c4ccc(OC)c(OC)c4)n3)c2)c1. The van der Waals surface area contributed by atoms with E-state index >= 15 is 0 Å². The van der Waals surface area contributed by atoms with E-state index in [1.165, 1.54) is 0 Å². The number of carbonyl (C=O) groups is 1. The minimum Gasteiger partial charge on any atom is -0.497 e. The number of benzene rings is 3. The summed E-state index contributed by atoms with van der Waals surface area (Å²) in [6.07, 6.45) is 0. The van der Waals surface area contributed by atoms with Crippen LogP contribution in [0.5, 0.6) is 23.0 Å². The molecule has 0 saturated heterocycles. The highest BCUT2D eigenvalue weighted by molar-refractivity contribution is 5.97. The molecule has 0 fully saturated rings. The minimum absolute atomic E-state index is 0.111. The van der Waals surface area contributed by atoms with E-state index in [-0.39, 0.29) is 12.4 Å². The fraction of sp³-hybridized carbons (Fsp3) is 0.160. The Labute approximate surface area is 190 Å². The van der Waals surface area contributed by atoms with Gasteiger partial charge in [-0.25, -0.2) is 0 Å². The molecule has 0 unspecified atom stereocenters. The Kier molecular flexibility index (Phi) is 6.54. The van der Waals surface area contributed by atoms with E-state index in [1.54, 1.807) is 75.9 Å². The molecule has 0 spiro atoms. The molecular formula is C25H22N2O6. The molecule has 0 atom stereocenters. The first-order valence-electron chi connectivity index (χ1n) is 10.1. The lowest BCUT2D eigenvalue weighted by atomic mass is 10.1. The lowest BCUT2D eigenvalue weighted by Gasteiger charge is -2.07. The highest BCUT2D eigenvalue weighted by atomic mass is 16.5. The Morgan fingerprint density at radius 2 is 1.61 bits per heavy atom. The zero-order valence-electron chi connectivity index (χ0n) is 18.4. The second kappa shape index (κ2) is 9.86. The van der Waals surface area contributed by atoms with Gasteiger partial charge in [-0.05, 0) is 42.5 Å². The summed E-state index contributed by atoms with van der Waals surface area (Å²) in [7, 11) is 4.69. The van der Waals surface area contributed by atoms with Gasteiger partial charge in [-0.2, -0.15) is 4.98 Å². The number of hydrogen-bond donors (Lipinski definition) is 0. The van der Waals surface area contributed by atoms with Crippen LogP contribution in [-0.2, 0) is 0 Å². The van der Waals surface area contributed by atoms with Crippen LogP contribution in [0.15, 0.2) is 71.3 Å². The number of carbonyl (C=O) groups excluding carboxylic acids is 1. The fourth-order valence-electron chi connectivity index (χ4n) is 3.18. The summed E-state index contributed by atoms with van der Waals surface area (Å²) in [5, 5.41) is 4.07. The highest BCUT2D eigenvalue weighted by Gasteiger charge is 2.14. The van der Waals surface area contributed by atoms with Crippen LogP contribution < -0.4 is 18.9 Å². The number of ketones is 1. The highest BCUT2D eigenvalue weighted by Crippen LogP contribution is 2.32. The number of hydrogen-bond acceptors (Lipinski definition) is 8. The third-order valence-corrected chi connectivity index (χ3v) is 4.91. The molecule has 0 amide bonds. The average molecular weight is 446 g/mol. The molecule has 168 valence electrons. The maximum Gasteiger partial charge on any atom is 0.258 e. The third-order valence-electron chi connectivity index (χ3n) is 4.91. The van der Waals surface area contributed by atoms with Crippen LogP contribution in [0.3, 0.4) is 0 Å². The monoisotopic (exact) mass is 446 g/mol. The van der Waals surface area contributed by atoms with Gasteiger partial charge in [0, 0.05) is 16.7 Å². The first-order chi connectivity index (χ1) is 16.1. The van der Waals surface area contributed by atoms with E-state index in [4.69, 9.17) is 23.5 Å². The molecule has 8 nitrogen and oxygen atoms in total. The van der Waals surface area contributed by atoms with Crippen molar-refractivity contribution in [1.29, 1.82) is 0 Å². The van der Waals surface area contributed by atoms with Crippen molar-refractivity contribution < 1.29 is 28.3 Å². The Bertz CT molecular complexity index is 1270. The molecule has 8 heteroatoms. The summed E-state index contributed by atoms with van der Waals surface area (Å²) in [5.41, 5.74) is 1.91. The molecule has 0 N–H and O–H groups in total. The summed E-state index contributed by atoms with van der Waals surface area (Å²) in [6, 6.07) is 19.4. The van der Waals surface area contributed by atoms with Crippen LogP contribution in [0.4, 0.5) is 0 Å². The van der Waals surface area contributed by atoms with Crippen molar-refractivity contribution in [3.63, 3.8) is 0 Å². The molecule has 4 aromatic rings. The van der Waals surface area contributed by atoms with Gasteiger partial charge in [-0.1, -0.05) is 29.4 Å². The number of methoxy groups -OCH3 is 3. The first kappa shape index (κ1) is 21.9. The number of ether oxygens (including phenoxy) is 4. The van der Waals surface area contributed by atoms with Crippen LogP contribution in [0.25, 0.3) is 22.8 Å². The lowest BCUT2D eigenvalue weighted by Crippen LogP contribution is -2.11. The number of rotatable bonds is 9. The molecule has 0 aliphatic heterocycles. The zero-order chi connectivity index (χ0) is 23.2. The minimum atomic E-state index is -0.158. The topological polar surface area (TPSA) is 92.9 Å². The molecule has 3 aromatic carbocycles. The molecule has 0 bridgehead atoms. The van der Waals surface area contributed by atoms with Crippen molar-refractivity contribution in [2.75, 3.05) is 27.9 Å². The van der Waals surface area contributed by atoms with Gasteiger partial charge in [0.1, 0.15) is 11.5 Å². The number of Topliss-reactive ketones (excluding diaryl/α,β-unsaturated/α-hetero) is 1. The van der Waals surface area contributed by atoms with Crippen LogP contribution in [0.2, 0.25) is 0 Å². The quantitative estimate of drug-likeness (QED) is 0.342. The predicted octanol–water partition coefficient (Wildman–Crippen LogP) is 4.69. The number of nitrogens with zero attached hydrogens (tertiary/aromatic N) is 2. The molecule has 0 aliphatic rings. The average Bonchev–Trinajstić information content (AvgIpc) is 3.37. The molecule has 0 saturated carbocycles. The van der Waals surface area contributed by atoms with Crippen molar-refractivity contribution in [3.8, 4) is 45.8 Å². The molecule has 0 aliphatic carbocycles. The van der Waals surface area contributed by atoms with Crippen molar-refractivity contribution >= 4 is 5.78 Å². The van der Waals surface area contributed by atoms with E-state index in [1.807, 2.05) is 12.1 Å². The molecule has 1 aromatic heterocycles. The largest absolute Gasteiger partial charge is 0.497 e. The summed E-state index contributed by atoms with van der Waals surface area (Å²) in [6.45, 7) is -0.111. The van der Waals surface area contributed by atoms with E-state index in [0.29, 0.717) is 51.4 Å². The number of aromatic nitrogens is 2. The van der Waals surface area contributed by atoms with Crippen molar-refractivity contribution in [2.45, 2.75) is 0 Å². The Balaban J connectivity index is 1.48. The van der Waals surface area contributed by atoms with Gasteiger partial charge in [0.25, 0.3) is 5.89 Å². The van der Waals surface area contributed by atoms with Crippen LogP contribution in [0.1, 0.15) is 10.4 Å². The van der Waals surface area contributed by atoms with Crippen LogP contribution in [0, 0.1) is 0 Å². The van der Waals surface area contributed by atoms with E-state index in [2.05, 4.69) is 10.1 Å². The van der Waals surface area contributed by atoms with E-state index in [9.17, 15) is 4.79 Å². The van der Waals surface area contributed by atoms with Crippen molar-refractivity contribution in [1.82, 2.24) is 10.1 Å². The van der Waals surface area contributed by atoms with Crippen LogP contribution in [-0.4, -0.2) is 43.9 Å². The molecule has 4 rings (SSSR count). The lowest BCUT2D eigenvalue weighted by molar-refractivity contribution is 0.0921. The fourth-order valence-corrected chi connectivity index (χ4v) is 3.18. The second-order valence-electron chi connectivity index (χ2n) is 6.96. The Hall–Kier alpha value is -4.33. The summed E-state index contributed by atoms with van der Waals surface area (Å²) < 4.78 is 26.9. The zero-order valence-corrected chi connectivity index (χ0v) is 18.4. The van der Waals surface area contributed by atoms with Crippen molar-refractivity contribution in [2.24, 2.45) is 0 Å². The van der Waals surface area contributed by atoms with Gasteiger partial charge < -0.3 is 23.5 Å². The Morgan fingerprint density at radius 3 is 2.39 bits per heavy atom. The normalized spacial score (nSPS) is 10.5.